The second-order valence-electron chi connectivity index (χ2n) is 6.30. The Kier molecular flexibility index (Phi) is 4.77. The second kappa shape index (κ2) is 7.36. The number of rotatable bonds is 5. The summed E-state index contributed by atoms with van der Waals surface area (Å²) in [6.07, 6.45) is 0. The highest BCUT2D eigenvalue weighted by Crippen LogP contribution is 2.35. The fourth-order valence-corrected chi connectivity index (χ4v) is 3.52. The Labute approximate surface area is 161 Å². The predicted octanol–water partition coefficient (Wildman–Crippen LogP) is 4.69. The number of hydrogen-bond acceptors (Lipinski definition) is 6. The Balaban J connectivity index is 1.52. The molecule has 2 aromatic heterocycles. The van der Waals surface area contributed by atoms with Crippen LogP contribution in [0.2, 0.25) is 0 Å². The van der Waals surface area contributed by atoms with E-state index < -0.39 is 0 Å². The number of benzene rings is 2. The molecule has 0 radical (unpaired) electrons. The molecule has 0 aliphatic rings. The molecule has 7 heteroatoms. The van der Waals surface area contributed by atoms with Crippen molar-refractivity contribution in [1.82, 2.24) is 25.0 Å². The van der Waals surface area contributed by atoms with Crippen LogP contribution >= 0.6 is 11.8 Å². The lowest BCUT2D eigenvalue weighted by atomic mass is 10.1. The average Bonchev–Trinajstić information content (AvgIpc) is 3.31. The maximum atomic E-state index is 5.87. The van der Waals surface area contributed by atoms with E-state index in [0.29, 0.717) is 11.8 Å². The van der Waals surface area contributed by atoms with E-state index >= 15 is 0 Å². The van der Waals surface area contributed by atoms with Crippen LogP contribution in [0.5, 0.6) is 0 Å². The van der Waals surface area contributed by atoms with E-state index in [1.54, 1.807) is 11.8 Å². The molecule has 0 spiro atoms. The summed E-state index contributed by atoms with van der Waals surface area (Å²) in [7, 11) is 1.96. The van der Waals surface area contributed by atoms with E-state index in [9.17, 15) is 0 Å². The molecule has 6 nitrogen and oxygen atoms in total. The summed E-state index contributed by atoms with van der Waals surface area (Å²) in [5, 5.41) is 17.8. The summed E-state index contributed by atoms with van der Waals surface area (Å²) in [6.45, 7) is 4.07. The van der Waals surface area contributed by atoms with Gasteiger partial charge >= 0.3 is 0 Å². The van der Waals surface area contributed by atoms with Gasteiger partial charge in [-0.15, -0.1) is 20.4 Å². The molecule has 0 N–H and O–H groups in total. The molecule has 136 valence electrons. The van der Waals surface area contributed by atoms with Crippen LogP contribution in [0.15, 0.2) is 64.2 Å². The number of aryl methyl sites for hydroxylation is 1. The molecule has 4 aromatic rings. The van der Waals surface area contributed by atoms with Crippen LogP contribution in [0.3, 0.4) is 0 Å². The molecule has 27 heavy (non-hydrogen) atoms. The van der Waals surface area contributed by atoms with Crippen molar-refractivity contribution in [3.63, 3.8) is 0 Å². The summed E-state index contributed by atoms with van der Waals surface area (Å²) in [5.74, 6) is 1.93. The van der Waals surface area contributed by atoms with E-state index in [0.717, 1.165) is 22.1 Å². The lowest BCUT2D eigenvalue weighted by molar-refractivity contribution is 0.508. The highest BCUT2D eigenvalue weighted by Gasteiger charge is 2.20. The van der Waals surface area contributed by atoms with Gasteiger partial charge in [0.05, 0.1) is 5.25 Å². The number of hydrogen-bond donors (Lipinski definition) is 0. The van der Waals surface area contributed by atoms with Crippen molar-refractivity contribution in [1.29, 1.82) is 0 Å². The van der Waals surface area contributed by atoms with E-state index in [2.05, 4.69) is 20.4 Å². The van der Waals surface area contributed by atoms with Crippen molar-refractivity contribution in [3.05, 3.63) is 66.1 Å². The van der Waals surface area contributed by atoms with Gasteiger partial charge < -0.3 is 8.98 Å². The van der Waals surface area contributed by atoms with Gasteiger partial charge in [0, 0.05) is 18.2 Å². The standard InChI is InChI=1S/C20H19N5OS/c1-13-9-11-16(12-10-13)19-23-22-18(26-19)14(2)27-20-24-21-17(25(20)3)15-7-5-4-6-8-15/h4-12,14H,1-3H3/t14-/m0/s1. The zero-order chi connectivity index (χ0) is 18.8. The molecular formula is C20H19N5OS. The van der Waals surface area contributed by atoms with Crippen LogP contribution < -0.4 is 0 Å². The topological polar surface area (TPSA) is 69.6 Å². The highest BCUT2D eigenvalue weighted by atomic mass is 32.2. The Morgan fingerprint density at radius 1 is 0.889 bits per heavy atom. The first kappa shape index (κ1) is 17.5. The predicted molar refractivity (Wildman–Crippen MR) is 105 cm³/mol. The molecular weight excluding hydrogens is 358 g/mol. The van der Waals surface area contributed by atoms with Crippen LogP contribution in [0.4, 0.5) is 0 Å². The molecule has 0 aliphatic heterocycles. The SMILES string of the molecule is Cc1ccc(-c2nnc([C@H](C)Sc3nnc(-c4ccccc4)n3C)o2)cc1. The van der Waals surface area contributed by atoms with Gasteiger partial charge in [-0.05, 0) is 26.0 Å². The smallest absolute Gasteiger partial charge is 0.247 e. The number of thioether (sulfide) groups is 1. The molecule has 1 atom stereocenters. The average molecular weight is 377 g/mol. The van der Waals surface area contributed by atoms with Gasteiger partial charge in [-0.1, -0.05) is 59.8 Å². The van der Waals surface area contributed by atoms with Gasteiger partial charge in [0.25, 0.3) is 0 Å². The monoisotopic (exact) mass is 377 g/mol. The molecule has 4 rings (SSSR count). The van der Waals surface area contributed by atoms with Gasteiger partial charge in [0.15, 0.2) is 11.0 Å². The van der Waals surface area contributed by atoms with E-state index in [1.807, 2.05) is 80.1 Å². The summed E-state index contributed by atoms with van der Waals surface area (Å²) < 4.78 is 7.85. The van der Waals surface area contributed by atoms with Crippen molar-refractivity contribution in [2.24, 2.45) is 7.05 Å². The normalized spacial score (nSPS) is 12.3. The molecule has 0 bridgehead atoms. The molecule has 2 aromatic carbocycles. The maximum Gasteiger partial charge on any atom is 0.247 e. The summed E-state index contributed by atoms with van der Waals surface area (Å²) in [4.78, 5) is 0. The third-order valence-electron chi connectivity index (χ3n) is 4.24. The first-order valence-electron chi connectivity index (χ1n) is 8.64. The first-order valence-corrected chi connectivity index (χ1v) is 9.51. The fraction of sp³-hybridized carbons (Fsp3) is 0.200. The Bertz CT molecular complexity index is 1040. The highest BCUT2D eigenvalue weighted by molar-refractivity contribution is 7.99. The van der Waals surface area contributed by atoms with E-state index in [-0.39, 0.29) is 5.25 Å². The molecule has 0 saturated carbocycles. The largest absolute Gasteiger partial charge is 0.419 e. The summed E-state index contributed by atoms with van der Waals surface area (Å²) >= 11 is 1.54. The van der Waals surface area contributed by atoms with E-state index in [1.165, 1.54) is 5.56 Å². The van der Waals surface area contributed by atoms with Crippen molar-refractivity contribution in [2.75, 3.05) is 0 Å². The molecule has 0 saturated heterocycles. The molecule has 2 heterocycles. The van der Waals surface area contributed by atoms with Crippen LogP contribution in [-0.2, 0) is 7.05 Å². The molecule has 0 unspecified atom stereocenters. The molecule has 0 aliphatic carbocycles. The van der Waals surface area contributed by atoms with Crippen LogP contribution in [0.1, 0.15) is 23.6 Å². The zero-order valence-corrected chi connectivity index (χ0v) is 16.1. The number of aromatic nitrogens is 5. The summed E-state index contributed by atoms with van der Waals surface area (Å²) in [6, 6.07) is 18.0. The first-order chi connectivity index (χ1) is 13.1. The third-order valence-corrected chi connectivity index (χ3v) is 5.36. The van der Waals surface area contributed by atoms with Gasteiger partial charge in [-0.3, -0.25) is 0 Å². The van der Waals surface area contributed by atoms with Gasteiger partial charge in [-0.25, -0.2) is 0 Å². The summed E-state index contributed by atoms with van der Waals surface area (Å²) in [5.41, 5.74) is 3.15. The fourth-order valence-electron chi connectivity index (χ4n) is 2.68. The van der Waals surface area contributed by atoms with Crippen molar-refractivity contribution in [2.45, 2.75) is 24.3 Å². The Morgan fingerprint density at radius 3 is 2.37 bits per heavy atom. The van der Waals surface area contributed by atoms with Gasteiger partial charge in [0.1, 0.15) is 0 Å². The van der Waals surface area contributed by atoms with Gasteiger partial charge in [-0.2, -0.15) is 0 Å². The minimum atomic E-state index is -0.0387. The zero-order valence-electron chi connectivity index (χ0n) is 15.3. The molecule has 0 amide bonds. The van der Waals surface area contributed by atoms with Crippen LogP contribution in [0.25, 0.3) is 22.8 Å². The van der Waals surface area contributed by atoms with Crippen LogP contribution in [0, 0.1) is 6.92 Å². The minimum Gasteiger partial charge on any atom is -0.419 e. The van der Waals surface area contributed by atoms with Gasteiger partial charge in [0.2, 0.25) is 11.8 Å². The second-order valence-corrected chi connectivity index (χ2v) is 7.61. The maximum absolute atomic E-state index is 5.87. The van der Waals surface area contributed by atoms with Crippen molar-refractivity contribution >= 4 is 11.8 Å². The third kappa shape index (κ3) is 3.64. The van der Waals surface area contributed by atoms with Crippen molar-refractivity contribution < 1.29 is 4.42 Å². The van der Waals surface area contributed by atoms with E-state index in [4.69, 9.17) is 4.42 Å². The lowest BCUT2D eigenvalue weighted by Gasteiger charge is -2.07. The van der Waals surface area contributed by atoms with Crippen LogP contribution in [-0.4, -0.2) is 25.0 Å². The quantitative estimate of drug-likeness (QED) is 0.470. The Morgan fingerprint density at radius 2 is 1.63 bits per heavy atom. The van der Waals surface area contributed by atoms with Crippen molar-refractivity contribution in [3.8, 4) is 22.8 Å². The molecule has 0 fully saturated rings. The minimum absolute atomic E-state index is 0.0387. The Hall–Kier alpha value is -2.93. The lowest BCUT2D eigenvalue weighted by Crippen LogP contribution is -1.97. The number of nitrogens with zero attached hydrogens (tertiary/aromatic N) is 5.